The molecule has 1 heterocycles. The zero-order valence-electron chi connectivity index (χ0n) is 12.6. The molecule has 0 aliphatic rings. The number of nitrogens with two attached hydrogens (primary N) is 1. The van der Waals surface area contributed by atoms with Gasteiger partial charge in [-0.15, -0.1) is 23.7 Å². The Kier molecular flexibility index (Phi) is 7.00. The fourth-order valence-electron chi connectivity index (χ4n) is 2.10. The van der Waals surface area contributed by atoms with Crippen LogP contribution in [0.2, 0.25) is 0 Å². The van der Waals surface area contributed by atoms with Gasteiger partial charge in [-0.1, -0.05) is 12.1 Å². The highest BCUT2D eigenvalue weighted by Gasteiger charge is 2.16. The number of hydrogen-bond donors (Lipinski definition) is 1. The first-order chi connectivity index (χ1) is 10.0. The molecule has 3 nitrogen and oxygen atoms in total. The molecule has 120 valence electrons. The second-order valence-electron chi connectivity index (χ2n) is 5.10. The van der Waals surface area contributed by atoms with Gasteiger partial charge in [0.15, 0.2) is 0 Å². The summed E-state index contributed by atoms with van der Waals surface area (Å²) in [6, 6.07) is 10.6. The van der Waals surface area contributed by atoms with Gasteiger partial charge in [0.25, 0.3) is 0 Å². The molecule has 0 fully saturated rings. The summed E-state index contributed by atoms with van der Waals surface area (Å²) in [5, 5.41) is 0. The Morgan fingerprint density at radius 1 is 1.32 bits per heavy atom. The summed E-state index contributed by atoms with van der Waals surface area (Å²) in [7, 11) is 0. The van der Waals surface area contributed by atoms with Crippen LogP contribution in [0.5, 0.6) is 0 Å². The van der Waals surface area contributed by atoms with Gasteiger partial charge in [0, 0.05) is 15.8 Å². The molecule has 0 atom stereocenters. The number of nitrogens with zero attached hydrogens (tertiary/aromatic N) is 1. The molecule has 2 aromatic rings. The molecular formula is C16H20ClFN2OS. The minimum Gasteiger partial charge on any atom is -0.334 e. The van der Waals surface area contributed by atoms with Crippen LogP contribution in [0.1, 0.15) is 18.7 Å². The molecule has 0 radical (unpaired) electrons. The molecule has 0 aliphatic heterocycles. The number of halogens is 2. The van der Waals surface area contributed by atoms with E-state index in [1.165, 1.54) is 12.1 Å². The van der Waals surface area contributed by atoms with Crippen LogP contribution in [0.25, 0.3) is 10.4 Å². The van der Waals surface area contributed by atoms with Crippen molar-refractivity contribution in [1.29, 1.82) is 0 Å². The predicted molar refractivity (Wildman–Crippen MR) is 91.7 cm³/mol. The van der Waals surface area contributed by atoms with Crippen LogP contribution in [-0.2, 0) is 11.3 Å². The average molecular weight is 343 g/mol. The second kappa shape index (κ2) is 8.27. The first-order valence-electron chi connectivity index (χ1n) is 6.85. The first kappa shape index (κ1) is 18.6. The maximum absolute atomic E-state index is 13.3. The summed E-state index contributed by atoms with van der Waals surface area (Å²) in [6.45, 7) is 4.48. The van der Waals surface area contributed by atoms with Crippen LogP contribution in [0.3, 0.4) is 0 Å². The van der Waals surface area contributed by atoms with E-state index >= 15 is 0 Å². The monoisotopic (exact) mass is 342 g/mol. The van der Waals surface area contributed by atoms with Crippen LogP contribution in [0.4, 0.5) is 4.39 Å². The Morgan fingerprint density at radius 2 is 2.05 bits per heavy atom. The smallest absolute Gasteiger partial charge is 0.236 e. The lowest BCUT2D eigenvalue weighted by Crippen LogP contribution is -2.40. The number of amides is 1. The van der Waals surface area contributed by atoms with Gasteiger partial charge in [-0.3, -0.25) is 4.79 Å². The molecule has 0 bridgehead atoms. The van der Waals surface area contributed by atoms with Gasteiger partial charge in [0.2, 0.25) is 5.91 Å². The zero-order chi connectivity index (χ0) is 15.4. The maximum Gasteiger partial charge on any atom is 0.236 e. The number of hydrogen-bond acceptors (Lipinski definition) is 3. The van der Waals surface area contributed by atoms with E-state index in [1.807, 2.05) is 32.0 Å². The Morgan fingerprint density at radius 3 is 2.64 bits per heavy atom. The molecule has 0 aliphatic carbocycles. The van der Waals surface area contributed by atoms with Crippen molar-refractivity contribution in [2.75, 3.05) is 6.54 Å². The van der Waals surface area contributed by atoms with E-state index in [9.17, 15) is 9.18 Å². The van der Waals surface area contributed by atoms with Crippen LogP contribution < -0.4 is 5.73 Å². The van der Waals surface area contributed by atoms with E-state index in [0.717, 1.165) is 15.3 Å². The molecule has 1 aromatic carbocycles. The van der Waals surface area contributed by atoms with E-state index in [0.29, 0.717) is 6.54 Å². The summed E-state index contributed by atoms with van der Waals surface area (Å²) in [5.41, 5.74) is 6.30. The van der Waals surface area contributed by atoms with Crippen LogP contribution >= 0.6 is 23.7 Å². The van der Waals surface area contributed by atoms with Crippen LogP contribution in [0.15, 0.2) is 36.4 Å². The standard InChI is InChI=1S/C16H19FN2OS.ClH/c1-11(2)19(16(20)9-18)10-14-6-7-15(21-14)12-4-3-5-13(17)8-12;/h3-8,11H,9-10,18H2,1-2H3;1H. The SMILES string of the molecule is CC(C)N(Cc1ccc(-c2cccc(F)c2)s1)C(=O)CN.Cl. The van der Waals surface area contributed by atoms with E-state index in [-0.39, 0.29) is 36.7 Å². The molecule has 0 saturated heterocycles. The van der Waals surface area contributed by atoms with Gasteiger partial charge in [0.1, 0.15) is 5.82 Å². The Hall–Kier alpha value is -1.43. The molecule has 0 spiro atoms. The Bertz CT molecular complexity index is 630. The molecule has 1 amide bonds. The molecule has 1 aromatic heterocycles. The molecule has 0 saturated carbocycles. The van der Waals surface area contributed by atoms with Crippen molar-refractivity contribution >= 4 is 29.7 Å². The zero-order valence-corrected chi connectivity index (χ0v) is 14.2. The third kappa shape index (κ3) is 4.53. The second-order valence-corrected chi connectivity index (χ2v) is 6.26. The lowest BCUT2D eigenvalue weighted by Gasteiger charge is -2.25. The summed E-state index contributed by atoms with van der Waals surface area (Å²) >= 11 is 1.57. The van der Waals surface area contributed by atoms with Crippen molar-refractivity contribution < 1.29 is 9.18 Å². The molecule has 0 unspecified atom stereocenters. The van der Waals surface area contributed by atoms with Crippen molar-refractivity contribution in [2.24, 2.45) is 5.73 Å². The molecular weight excluding hydrogens is 323 g/mol. The minimum absolute atomic E-state index is 0. The Balaban J connectivity index is 0.00000242. The number of benzene rings is 1. The largest absolute Gasteiger partial charge is 0.334 e. The van der Waals surface area contributed by atoms with Crippen LogP contribution in [0, 0.1) is 5.82 Å². The predicted octanol–water partition coefficient (Wildman–Crippen LogP) is 3.67. The third-order valence-electron chi connectivity index (χ3n) is 3.22. The quantitative estimate of drug-likeness (QED) is 0.901. The normalized spacial score (nSPS) is 10.4. The van der Waals surface area contributed by atoms with E-state index in [4.69, 9.17) is 5.73 Å². The van der Waals surface area contributed by atoms with Gasteiger partial charge in [0.05, 0.1) is 13.1 Å². The summed E-state index contributed by atoms with van der Waals surface area (Å²) < 4.78 is 13.3. The van der Waals surface area contributed by atoms with Gasteiger partial charge >= 0.3 is 0 Å². The molecule has 2 rings (SSSR count). The first-order valence-corrected chi connectivity index (χ1v) is 7.67. The van der Waals surface area contributed by atoms with Crippen molar-refractivity contribution in [3.63, 3.8) is 0 Å². The number of thiophene rings is 1. The lowest BCUT2D eigenvalue weighted by molar-refractivity contribution is -0.131. The highest BCUT2D eigenvalue weighted by atomic mass is 35.5. The summed E-state index contributed by atoms with van der Waals surface area (Å²) in [5.74, 6) is -0.310. The Labute approximate surface area is 140 Å². The van der Waals surface area contributed by atoms with Gasteiger partial charge in [-0.2, -0.15) is 0 Å². The fourth-order valence-corrected chi connectivity index (χ4v) is 3.11. The maximum atomic E-state index is 13.3. The van der Waals surface area contributed by atoms with Gasteiger partial charge < -0.3 is 10.6 Å². The number of carbonyl (C=O) groups excluding carboxylic acids is 1. The number of carbonyl (C=O) groups is 1. The highest BCUT2D eigenvalue weighted by Crippen LogP contribution is 2.29. The van der Waals surface area contributed by atoms with E-state index in [1.54, 1.807) is 22.3 Å². The summed E-state index contributed by atoms with van der Waals surface area (Å²) in [4.78, 5) is 15.6. The van der Waals surface area contributed by atoms with Crippen molar-refractivity contribution in [1.82, 2.24) is 4.90 Å². The third-order valence-corrected chi connectivity index (χ3v) is 4.33. The van der Waals surface area contributed by atoms with Crippen molar-refractivity contribution in [3.05, 3.63) is 47.1 Å². The van der Waals surface area contributed by atoms with E-state index < -0.39 is 0 Å². The molecule has 2 N–H and O–H groups in total. The van der Waals surface area contributed by atoms with Crippen molar-refractivity contribution in [2.45, 2.75) is 26.4 Å². The fraction of sp³-hybridized carbons (Fsp3) is 0.312. The van der Waals surface area contributed by atoms with Crippen LogP contribution in [-0.4, -0.2) is 23.4 Å². The molecule has 22 heavy (non-hydrogen) atoms. The molecule has 6 heteroatoms. The minimum atomic E-state index is -0.246. The van der Waals surface area contributed by atoms with Crippen molar-refractivity contribution in [3.8, 4) is 10.4 Å². The number of rotatable bonds is 5. The van der Waals surface area contributed by atoms with Gasteiger partial charge in [-0.25, -0.2) is 4.39 Å². The average Bonchev–Trinajstić information content (AvgIpc) is 2.92. The highest BCUT2D eigenvalue weighted by molar-refractivity contribution is 7.15. The lowest BCUT2D eigenvalue weighted by atomic mass is 10.2. The topological polar surface area (TPSA) is 46.3 Å². The van der Waals surface area contributed by atoms with E-state index in [2.05, 4.69) is 0 Å². The van der Waals surface area contributed by atoms with Gasteiger partial charge in [-0.05, 0) is 43.7 Å². The summed E-state index contributed by atoms with van der Waals surface area (Å²) in [6.07, 6.45) is 0.